The number of carbonyl (C=O) groups excluding carboxylic acids is 1. The van der Waals surface area contributed by atoms with Gasteiger partial charge in [-0.2, -0.15) is 0 Å². The normalized spacial score (nSPS) is 11.5. The van der Waals surface area contributed by atoms with Crippen LogP contribution < -0.4 is 9.47 Å². The molecule has 3 heterocycles. The third-order valence-corrected chi connectivity index (χ3v) is 12.7. The van der Waals surface area contributed by atoms with Crippen LogP contribution in [0.3, 0.4) is 0 Å². The molecule has 1 N–H and O–H groups in total. The summed E-state index contributed by atoms with van der Waals surface area (Å²) in [6.45, 7) is 2.86. The van der Waals surface area contributed by atoms with Crippen molar-refractivity contribution >= 4 is 49.4 Å². The van der Waals surface area contributed by atoms with E-state index < -0.39 is 17.4 Å². The number of hydrogen-bond donors (Lipinski definition) is 1. The molecule has 0 saturated carbocycles. The van der Waals surface area contributed by atoms with Crippen LogP contribution in [0.1, 0.15) is 13.8 Å². The summed E-state index contributed by atoms with van der Waals surface area (Å²) in [6, 6.07) is 73.4. The predicted octanol–water partition coefficient (Wildman–Crippen LogP) is 16.6. The number of benzene rings is 9. The van der Waals surface area contributed by atoms with Gasteiger partial charge >= 0.3 is 0 Å². The van der Waals surface area contributed by atoms with Crippen LogP contribution in [0.5, 0.6) is 17.2 Å². The second-order valence-electron chi connectivity index (χ2n) is 17.4. The van der Waals surface area contributed by atoms with Crippen LogP contribution >= 0.6 is 0 Å². The number of allylic oxidation sites excluding steroid dienone is 2. The van der Waals surface area contributed by atoms with E-state index in [1.807, 2.05) is 84.9 Å². The van der Waals surface area contributed by atoms with Crippen molar-refractivity contribution in [2.45, 2.75) is 13.8 Å². The molecule has 1 radical (unpaired) electrons. The molecule has 0 bridgehead atoms. The standard InChI is InChI=1S/C53H38N2O4.C11H6F2N.Ir/c1-34(56)51(35(2)57)59-53-44(37-20-7-4-8-21-37)32-38(33-50(53)55-47-29-15-11-24-42(47)43-25-12-16-30-48(43)55)58-52-39(36-18-5-3-6-19-36)26-17-31-49(52)54-45-27-13-9-22-40(45)41-23-10-14-28-46(41)54;12-8-4-5-9(10(13)7-8)11-3-1-2-6-14-11;/h3-33,56H,1-2H3;1-4,6-7H;/q;-1;/b51-34+;;. The Morgan fingerprint density at radius 2 is 1.04 bits per heavy atom. The van der Waals surface area contributed by atoms with Crippen molar-refractivity contribution in [1.82, 2.24) is 14.1 Å². The zero-order valence-electron chi connectivity index (χ0n) is 40.0. The van der Waals surface area contributed by atoms with Gasteiger partial charge in [-0.3, -0.25) is 13.6 Å². The first kappa shape index (κ1) is 48.7. The molecule has 0 unspecified atom stereocenters. The van der Waals surface area contributed by atoms with E-state index in [9.17, 15) is 18.7 Å². The molecule has 3 aromatic heterocycles. The second kappa shape index (κ2) is 21.0. The number of rotatable bonds is 10. The number of halogens is 2. The summed E-state index contributed by atoms with van der Waals surface area (Å²) in [6.07, 6.45) is 1.55. The molecule has 10 heteroatoms. The Kier molecular flexibility index (Phi) is 13.8. The van der Waals surface area contributed by atoms with Crippen LogP contribution in [-0.4, -0.2) is 25.0 Å². The van der Waals surface area contributed by atoms with E-state index in [1.165, 1.54) is 13.8 Å². The summed E-state index contributed by atoms with van der Waals surface area (Å²) in [7, 11) is 0. The van der Waals surface area contributed by atoms with Gasteiger partial charge in [0.05, 0.1) is 33.4 Å². The summed E-state index contributed by atoms with van der Waals surface area (Å²) in [5, 5.41) is 15.2. The molecule has 0 atom stereocenters. The van der Waals surface area contributed by atoms with Gasteiger partial charge < -0.3 is 28.7 Å². The minimum absolute atomic E-state index is 0. The number of nitrogens with zero attached hydrogens (tertiary/aromatic N) is 3. The summed E-state index contributed by atoms with van der Waals surface area (Å²) >= 11 is 0. The minimum Gasteiger partial charge on any atom is -0.509 e. The Balaban J connectivity index is 0.000000361. The number of aliphatic hydroxyl groups is 1. The number of hydrogen-bond acceptors (Lipinski definition) is 5. The van der Waals surface area contributed by atoms with Gasteiger partial charge in [0.1, 0.15) is 11.5 Å². The van der Waals surface area contributed by atoms with E-state index in [2.05, 4.69) is 123 Å². The molecule has 12 rings (SSSR count). The fourth-order valence-electron chi connectivity index (χ4n) is 9.54. The number of ether oxygens (including phenoxy) is 2. The maximum absolute atomic E-state index is 13.2. The van der Waals surface area contributed by atoms with Gasteiger partial charge in [0.25, 0.3) is 0 Å². The molecule has 9 aromatic carbocycles. The Hall–Kier alpha value is -8.95. The van der Waals surface area contributed by atoms with Gasteiger partial charge in [-0.05, 0) is 66.2 Å². The first-order valence-corrected chi connectivity index (χ1v) is 23.7. The van der Waals surface area contributed by atoms with Crippen molar-refractivity contribution in [1.29, 1.82) is 0 Å². The van der Waals surface area contributed by atoms with E-state index >= 15 is 0 Å². The van der Waals surface area contributed by atoms with Gasteiger partial charge in [-0.25, -0.2) is 0 Å². The molecule has 0 spiro atoms. The number of aromatic nitrogens is 3. The molecule has 0 fully saturated rings. The first-order valence-electron chi connectivity index (χ1n) is 23.7. The van der Waals surface area contributed by atoms with Crippen LogP contribution in [0.25, 0.3) is 88.5 Å². The number of aliphatic hydroxyl groups excluding tert-OH is 1. The average Bonchev–Trinajstić information content (AvgIpc) is 3.94. The Labute approximate surface area is 439 Å². The number of Topliss-reactive ketones (excluding diaryl/α,β-unsaturated/α-hetero) is 1. The smallest absolute Gasteiger partial charge is 0.207 e. The van der Waals surface area contributed by atoms with Crippen molar-refractivity contribution in [2.24, 2.45) is 0 Å². The number of para-hydroxylation sites is 5. The average molecular weight is 1150 g/mol. The molecule has 0 aliphatic carbocycles. The monoisotopic (exact) mass is 1150 g/mol. The summed E-state index contributed by atoms with van der Waals surface area (Å²) in [5.74, 6) is -0.420. The SMILES string of the molecule is CC(=O)/C(Oc1c(-c2ccccc2)cc(Oc2c(-c3ccccc3)cccc2-n2c3ccccc3c3ccccc32)cc1-n1c2ccccc2c2ccccc21)=C(/C)O.Fc1c[c-]c(-c2ccccn2)c(F)c1.[Ir]. The Morgan fingerprint density at radius 3 is 1.54 bits per heavy atom. The molecular weight excluding hydrogens is 1100 g/mol. The van der Waals surface area contributed by atoms with Gasteiger partial charge in [-0.1, -0.05) is 169 Å². The van der Waals surface area contributed by atoms with Crippen LogP contribution in [-0.2, 0) is 24.9 Å². The van der Waals surface area contributed by atoms with Gasteiger partial charge in [0.15, 0.2) is 17.3 Å². The van der Waals surface area contributed by atoms with Gasteiger partial charge in [-0.15, -0.1) is 12.1 Å². The number of ketones is 1. The van der Waals surface area contributed by atoms with E-state index in [1.54, 1.807) is 24.4 Å². The van der Waals surface area contributed by atoms with Crippen LogP contribution in [0.15, 0.2) is 236 Å². The van der Waals surface area contributed by atoms with E-state index in [-0.39, 0.29) is 37.2 Å². The van der Waals surface area contributed by atoms with E-state index in [0.717, 1.165) is 78.1 Å². The minimum atomic E-state index is -0.649. The molecule has 363 valence electrons. The topological polar surface area (TPSA) is 78.5 Å². The largest absolute Gasteiger partial charge is 0.509 e. The summed E-state index contributed by atoms with van der Waals surface area (Å²) in [4.78, 5) is 17.0. The van der Waals surface area contributed by atoms with Crippen LogP contribution in [0, 0.1) is 17.7 Å². The van der Waals surface area contributed by atoms with Crippen molar-refractivity contribution in [3.63, 3.8) is 0 Å². The molecule has 0 amide bonds. The second-order valence-corrected chi connectivity index (χ2v) is 17.4. The van der Waals surface area contributed by atoms with E-state index in [0.29, 0.717) is 34.2 Å². The van der Waals surface area contributed by atoms with Gasteiger partial charge in [0, 0.05) is 83.6 Å². The maximum Gasteiger partial charge on any atom is 0.207 e. The number of fused-ring (bicyclic) bond motifs is 6. The molecule has 12 aromatic rings. The van der Waals surface area contributed by atoms with Crippen molar-refractivity contribution in [3.8, 4) is 62.1 Å². The third-order valence-electron chi connectivity index (χ3n) is 12.7. The molecule has 74 heavy (non-hydrogen) atoms. The summed E-state index contributed by atoms with van der Waals surface area (Å²) in [5.41, 5.74) is 9.60. The third kappa shape index (κ3) is 9.24. The maximum atomic E-state index is 13.2. The fourth-order valence-corrected chi connectivity index (χ4v) is 9.54. The Morgan fingerprint density at radius 1 is 0.541 bits per heavy atom. The quantitative estimate of drug-likeness (QED) is 0.0839. The number of pyridine rings is 1. The molecule has 0 aliphatic rings. The van der Waals surface area contributed by atoms with Gasteiger partial charge in [0.2, 0.25) is 5.76 Å². The van der Waals surface area contributed by atoms with Crippen molar-refractivity contribution in [3.05, 3.63) is 254 Å². The predicted molar refractivity (Wildman–Crippen MR) is 288 cm³/mol. The first-order chi connectivity index (χ1) is 35.7. The zero-order valence-corrected chi connectivity index (χ0v) is 42.4. The molecule has 7 nitrogen and oxygen atoms in total. The van der Waals surface area contributed by atoms with Crippen molar-refractivity contribution < 1.29 is 48.3 Å². The van der Waals surface area contributed by atoms with Crippen molar-refractivity contribution in [2.75, 3.05) is 0 Å². The van der Waals surface area contributed by atoms with E-state index in [4.69, 9.17) is 9.47 Å². The zero-order chi connectivity index (χ0) is 50.0. The number of carbonyl (C=O) groups is 1. The Bertz CT molecular complexity index is 3950. The van der Waals surface area contributed by atoms with Crippen LogP contribution in [0.4, 0.5) is 8.78 Å². The fraction of sp³-hybridized carbons (Fsp3) is 0.0312. The molecule has 0 aliphatic heterocycles. The van der Waals surface area contributed by atoms with Crippen LogP contribution in [0.2, 0.25) is 0 Å². The summed E-state index contributed by atoms with van der Waals surface area (Å²) < 4.78 is 44.3. The molecular formula is C64H44F2IrN3O4-. The molecule has 0 saturated heterocycles.